The van der Waals surface area contributed by atoms with Crippen LogP contribution >= 0.6 is 11.6 Å². The molecule has 1 atom stereocenters. The van der Waals surface area contributed by atoms with E-state index in [1.165, 1.54) is 36.3 Å². The highest BCUT2D eigenvalue weighted by molar-refractivity contribution is 6.32. The number of imidazole rings is 1. The number of nitrogens with one attached hydrogen (secondary N) is 1. The molecule has 4 aromatic rings. The third-order valence-corrected chi connectivity index (χ3v) is 7.69. The average molecular weight is 546 g/mol. The molecule has 10 heteroatoms. The molecule has 1 saturated heterocycles. The quantitative estimate of drug-likeness (QED) is 0.270. The molecule has 1 aliphatic rings. The van der Waals surface area contributed by atoms with Crippen LogP contribution in [0, 0.1) is 12.7 Å². The van der Waals surface area contributed by atoms with Crippen LogP contribution in [-0.4, -0.2) is 34.4 Å². The molecular weight excluding hydrogens is 522 g/mol. The minimum atomic E-state index is -4.60. The number of alkyl halides is 3. The Bertz CT molecular complexity index is 1570. The number of halogens is 5. The predicted molar refractivity (Wildman–Crippen MR) is 137 cm³/mol. The van der Waals surface area contributed by atoms with E-state index in [1.807, 2.05) is 13.8 Å². The van der Waals surface area contributed by atoms with Crippen LogP contribution in [0.25, 0.3) is 22.2 Å². The number of amides is 1. The Kier molecular flexibility index (Phi) is 6.38. The number of rotatable bonds is 4. The van der Waals surface area contributed by atoms with Gasteiger partial charge in [-0.05, 0) is 79.8 Å². The van der Waals surface area contributed by atoms with Crippen molar-refractivity contribution >= 4 is 28.5 Å². The lowest BCUT2D eigenvalue weighted by atomic mass is 9.93. The Morgan fingerprint density at radius 2 is 1.95 bits per heavy atom. The molecule has 3 aromatic carbocycles. The Balaban J connectivity index is 1.64. The number of aryl methyl sites for hydroxylation is 1. The van der Waals surface area contributed by atoms with Gasteiger partial charge in [0.25, 0.3) is 5.91 Å². The zero-order valence-corrected chi connectivity index (χ0v) is 21.6. The number of aromatic amines is 1. The van der Waals surface area contributed by atoms with Crippen molar-refractivity contribution in [2.75, 3.05) is 13.7 Å². The van der Waals surface area contributed by atoms with Crippen molar-refractivity contribution in [3.8, 4) is 16.9 Å². The molecule has 0 radical (unpaired) electrons. The predicted octanol–water partition coefficient (Wildman–Crippen LogP) is 7.51. The average Bonchev–Trinajstić information content (AvgIpc) is 3.50. The number of carbonyl (C=O) groups excluding carboxylic acids is 1. The van der Waals surface area contributed by atoms with Gasteiger partial charge in [-0.25, -0.2) is 9.37 Å². The maximum atomic E-state index is 15.7. The standard InChI is InChI=1S/C28H24ClF4N3O2/c1-15-19(29)9-10-20-24(15)35-26(34-20)27(2)12-5-13-36(27)25(37)22-18(8-11-21(38-3)23(22)30)16-6-4-7-17(14-16)28(31,32)33/h4,6-11,14H,5,12-13H2,1-3H3,(H,34,35)/t27-/m0/s1. The van der Waals surface area contributed by atoms with E-state index in [2.05, 4.69) is 4.98 Å². The summed E-state index contributed by atoms with van der Waals surface area (Å²) in [4.78, 5) is 23.6. The Morgan fingerprint density at radius 3 is 2.66 bits per heavy atom. The molecule has 198 valence electrons. The van der Waals surface area contributed by atoms with Gasteiger partial charge >= 0.3 is 6.18 Å². The minimum Gasteiger partial charge on any atom is -0.494 e. The zero-order chi connectivity index (χ0) is 27.4. The largest absolute Gasteiger partial charge is 0.494 e. The number of benzene rings is 3. The second-order valence-corrected chi connectivity index (χ2v) is 9.98. The summed E-state index contributed by atoms with van der Waals surface area (Å²) in [6.45, 7) is 4.00. The second kappa shape index (κ2) is 9.31. The van der Waals surface area contributed by atoms with Crippen LogP contribution in [0.5, 0.6) is 5.75 Å². The van der Waals surface area contributed by atoms with Crippen molar-refractivity contribution in [3.05, 3.63) is 81.9 Å². The van der Waals surface area contributed by atoms with Crippen LogP contribution < -0.4 is 4.74 Å². The van der Waals surface area contributed by atoms with E-state index in [-0.39, 0.29) is 22.4 Å². The summed E-state index contributed by atoms with van der Waals surface area (Å²) in [6.07, 6.45) is -3.42. The third kappa shape index (κ3) is 4.18. The van der Waals surface area contributed by atoms with Crippen LogP contribution in [0.15, 0.2) is 48.5 Å². The zero-order valence-electron chi connectivity index (χ0n) is 20.8. The molecule has 5 nitrogen and oxygen atoms in total. The third-order valence-electron chi connectivity index (χ3n) is 7.28. The highest BCUT2D eigenvalue weighted by Crippen LogP contribution is 2.42. The summed E-state index contributed by atoms with van der Waals surface area (Å²) in [6, 6.07) is 10.8. The Hall–Kier alpha value is -3.59. The lowest BCUT2D eigenvalue weighted by molar-refractivity contribution is -0.137. The maximum absolute atomic E-state index is 15.7. The SMILES string of the molecule is COc1ccc(-c2cccc(C(F)(F)F)c2)c(C(=O)N2CCC[C@@]2(C)c2nc3c(C)c(Cl)ccc3[nH]2)c1F. The van der Waals surface area contributed by atoms with Gasteiger partial charge in [-0.2, -0.15) is 13.2 Å². The van der Waals surface area contributed by atoms with E-state index in [1.54, 1.807) is 12.1 Å². The van der Waals surface area contributed by atoms with E-state index >= 15 is 4.39 Å². The summed E-state index contributed by atoms with van der Waals surface area (Å²) in [5, 5.41) is 0.559. The van der Waals surface area contributed by atoms with Crippen molar-refractivity contribution in [1.29, 1.82) is 0 Å². The summed E-state index contributed by atoms with van der Waals surface area (Å²) in [5.74, 6) is -1.26. The summed E-state index contributed by atoms with van der Waals surface area (Å²) in [5.41, 5.74) is 0.150. The van der Waals surface area contributed by atoms with E-state index in [9.17, 15) is 18.0 Å². The molecule has 0 aliphatic carbocycles. The van der Waals surface area contributed by atoms with Gasteiger partial charge in [0.2, 0.25) is 0 Å². The molecule has 1 aromatic heterocycles. The van der Waals surface area contributed by atoms with Crippen LogP contribution in [0.3, 0.4) is 0 Å². The van der Waals surface area contributed by atoms with Crippen LogP contribution in [-0.2, 0) is 11.7 Å². The number of likely N-dealkylation sites (tertiary alicyclic amines) is 1. The highest BCUT2D eigenvalue weighted by atomic mass is 35.5. The van der Waals surface area contributed by atoms with Crippen LogP contribution in [0.1, 0.15) is 47.1 Å². The number of H-pyrrole nitrogens is 1. The normalized spacial score (nSPS) is 17.8. The number of hydrogen-bond donors (Lipinski definition) is 1. The number of carbonyl (C=O) groups is 1. The van der Waals surface area contributed by atoms with Gasteiger partial charge in [0, 0.05) is 11.6 Å². The first kappa shape index (κ1) is 26.0. The van der Waals surface area contributed by atoms with E-state index in [0.717, 1.165) is 23.2 Å². The van der Waals surface area contributed by atoms with Gasteiger partial charge in [0.15, 0.2) is 11.6 Å². The first-order chi connectivity index (χ1) is 18.0. The number of ether oxygens (including phenoxy) is 1. The molecule has 1 fully saturated rings. The molecule has 0 saturated carbocycles. The fourth-order valence-electron chi connectivity index (χ4n) is 5.14. The van der Waals surface area contributed by atoms with Gasteiger partial charge in [-0.3, -0.25) is 4.79 Å². The fourth-order valence-corrected chi connectivity index (χ4v) is 5.29. The molecule has 5 rings (SSSR count). The molecule has 0 bridgehead atoms. The second-order valence-electron chi connectivity index (χ2n) is 9.57. The van der Waals surface area contributed by atoms with Gasteiger partial charge in [0.1, 0.15) is 5.82 Å². The molecule has 0 spiro atoms. The molecule has 1 N–H and O–H groups in total. The van der Waals surface area contributed by atoms with Gasteiger partial charge < -0.3 is 14.6 Å². The number of nitrogens with zero attached hydrogens (tertiary/aromatic N) is 2. The van der Waals surface area contributed by atoms with E-state index in [4.69, 9.17) is 21.3 Å². The smallest absolute Gasteiger partial charge is 0.416 e. The van der Waals surface area contributed by atoms with Gasteiger partial charge in [-0.15, -0.1) is 0 Å². The first-order valence-electron chi connectivity index (χ1n) is 12.0. The summed E-state index contributed by atoms with van der Waals surface area (Å²) >= 11 is 6.27. The van der Waals surface area contributed by atoms with Crippen molar-refractivity contribution in [3.63, 3.8) is 0 Å². The topological polar surface area (TPSA) is 58.2 Å². The minimum absolute atomic E-state index is 0.0425. The van der Waals surface area contributed by atoms with Crippen molar-refractivity contribution in [2.45, 2.75) is 38.4 Å². The summed E-state index contributed by atoms with van der Waals surface area (Å²) < 4.78 is 61.1. The molecular formula is C28H24ClF4N3O2. The fraction of sp³-hybridized carbons (Fsp3) is 0.286. The van der Waals surface area contributed by atoms with Crippen molar-refractivity contribution < 1.29 is 27.1 Å². The maximum Gasteiger partial charge on any atom is 0.416 e. The van der Waals surface area contributed by atoms with Crippen molar-refractivity contribution in [1.82, 2.24) is 14.9 Å². The molecule has 38 heavy (non-hydrogen) atoms. The number of aromatic nitrogens is 2. The highest BCUT2D eigenvalue weighted by Gasteiger charge is 2.45. The molecule has 1 amide bonds. The molecule has 2 heterocycles. The first-order valence-corrected chi connectivity index (χ1v) is 12.3. The molecule has 0 unspecified atom stereocenters. The lowest BCUT2D eigenvalue weighted by Gasteiger charge is -2.34. The van der Waals surface area contributed by atoms with Crippen LogP contribution in [0.2, 0.25) is 5.02 Å². The Morgan fingerprint density at radius 1 is 1.18 bits per heavy atom. The van der Waals surface area contributed by atoms with Gasteiger partial charge in [-0.1, -0.05) is 23.7 Å². The lowest BCUT2D eigenvalue weighted by Crippen LogP contribution is -2.44. The number of fused-ring (bicyclic) bond motifs is 1. The Labute approximate surface area is 221 Å². The number of methoxy groups -OCH3 is 1. The van der Waals surface area contributed by atoms with Crippen LogP contribution in [0.4, 0.5) is 17.6 Å². The van der Waals surface area contributed by atoms with E-state index in [0.29, 0.717) is 35.8 Å². The van der Waals surface area contributed by atoms with E-state index < -0.39 is 29.0 Å². The number of hydrogen-bond acceptors (Lipinski definition) is 3. The molecule has 1 aliphatic heterocycles. The summed E-state index contributed by atoms with van der Waals surface area (Å²) in [7, 11) is 1.26. The monoisotopic (exact) mass is 545 g/mol. The van der Waals surface area contributed by atoms with Gasteiger partial charge in [0.05, 0.1) is 34.8 Å². The van der Waals surface area contributed by atoms with Crippen molar-refractivity contribution in [2.24, 2.45) is 0 Å².